The minimum absolute atomic E-state index is 0.140. The molecule has 8 heteroatoms. The minimum Gasteiger partial charge on any atom is -0.503 e. The van der Waals surface area contributed by atoms with Crippen molar-refractivity contribution in [2.45, 2.75) is 19.4 Å². The van der Waals surface area contributed by atoms with Crippen molar-refractivity contribution in [3.63, 3.8) is 0 Å². The second-order valence-corrected chi connectivity index (χ2v) is 8.79. The van der Waals surface area contributed by atoms with Gasteiger partial charge in [-0.3, -0.25) is 14.5 Å². The molecule has 170 valence electrons. The molecule has 0 saturated carbocycles. The van der Waals surface area contributed by atoms with Crippen LogP contribution in [0.4, 0.5) is 0 Å². The van der Waals surface area contributed by atoms with Gasteiger partial charge in [-0.25, -0.2) is 0 Å². The van der Waals surface area contributed by atoms with Crippen LogP contribution in [0.5, 0.6) is 5.75 Å². The van der Waals surface area contributed by atoms with Crippen LogP contribution in [-0.2, 0) is 9.53 Å². The molecule has 0 aliphatic carbocycles. The zero-order chi connectivity index (χ0) is 22.5. The van der Waals surface area contributed by atoms with E-state index in [4.69, 9.17) is 9.47 Å². The number of thiophene rings is 1. The lowest BCUT2D eigenvalue weighted by Crippen LogP contribution is -2.43. The first-order valence-electron chi connectivity index (χ1n) is 10.9. The Bertz CT molecular complexity index is 965. The van der Waals surface area contributed by atoms with Crippen molar-refractivity contribution < 1.29 is 24.2 Å². The van der Waals surface area contributed by atoms with E-state index in [-0.39, 0.29) is 11.4 Å². The Kier molecular flexibility index (Phi) is 7.24. The topological polar surface area (TPSA) is 79.3 Å². The SMILES string of the molecule is CCCOc1ccc(C2C(C(=O)c3cccs3)=C(O)C(=O)N2CCN2CCOCC2)cc1. The van der Waals surface area contributed by atoms with Gasteiger partial charge in [-0.15, -0.1) is 11.3 Å². The molecule has 2 aromatic rings. The van der Waals surface area contributed by atoms with E-state index in [2.05, 4.69) is 4.90 Å². The molecule has 0 spiro atoms. The molecule has 32 heavy (non-hydrogen) atoms. The van der Waals surface area contributed by atoms with E-state index in [0.29, 0.717) is 37.8 Å². The van der Waals surface area contributed by atoms with Crippen molar-refractivity contribution in [1.82, 2.24) is 9.80 Å². The smallest absolute Gasteiger partial charge is 0.290 e. The highest BCUT2D eigenvalue weighted by Gasteiger charge is 2.43. The molecule has 4 rings (SSSR count). The number of rotatable bonds is 9. The van der Waals surface area contributed by atoms with Gasteiger partial charge in [0, 0.05) is 26.2 Å². The number of nitrogens with zero attached hydrogens (tertiary/aromatic N) is 2. The molecular weight excluding hydrogens is 428 g/mol. The molecule has 0 bridgehead atoms. The normalized spacial score (nSPS) is 19.6. The van der Waals surface area contributed by atoms with Crippen LogP contribution >= 0.6 is 11.3 Å². The fourth-order valence-electron chi connectivity index (χ4n) is 4.04. The lowest BCUT2D eigenvalue weighted by Gasteiger charge is -2.31. The lowest BCUT2D eigenvalue weighted by molar-refractivity contribution is -0.129. The fraction of sp³-hybridized carbons (Fsp3) is 0.417. The number of morpholine rings is 1. The Labute approximate surface area is 191 Å². The van der Waals surface area contributed by atoms with E-state index >= 15 is 0 Å². The number of benzene rings is 1. The summed E-state index contributed by atoms with van der Waals surface area (Å²) in [5, 5.41) is 12.6. The van der Waals surface area contributed by atoms with Crippen molar-refractivity contribution in [1.29, 1.82) is 0 Å². The largest absolute Gasteiger partial charge is 0.503 e. The Hall–Kier alpha value is -2.68. The molecule has 2 aliphatic heterocycles. The number of ether oxygens (including phenoxy) is 2. The fourth-order valence-corrected chi connectivity index (χ4v) is 4.72. The third-order valence-electron chi connectivity index (χ3n) is 5.72. The average molecular weight is 457 g/mol. The van der Waals surface area contributed by atoms with Gasteiger partial charge < -0.3 is 19.5 Å². The van der Waals surface area contributed by atoms with E-state index in [1.165, 1.54) is 11.3 Å². The zero-order valence-corrected chi connectivity index (χ0v) is 19.0. The van der Waals surface area contributed by atoms with Crippen LogP contribution in [0.15, 0.2) is 53.1 Å². The Morgan fingerprint density at radius 2 is 1.94 bits per heavy atom. The molecule has 1 saturated heterocycles. The van der Waals surface area contributed by atoms with Gasteiger partial charge >= 0.3 is 0 Å². The summed E-state index contributed by atoms with van der Waals surface area (Å²) in [6, 6.07) is 10.3. The van der Waals surface area contributed by atoms with Crippen molar-refractivity contribution in [3.8, 4) is 5.75 Å². The summed E-state index contributed by atoms with van der Waals surface area (Å²) in [7, 11) is 0. The van der Waals surface area contributed by atoms with Crippen LogP contribution in [0, 0.1) is 0 Å². The monoisotopic (exact) mass is 456 g/mol. The summed E-state index contributed by atoms with van der Waals surface area (Å²) in [5.74, 6) is -0.536. The maximum atomic E-state index is 13.3. The molecule has 3 heterocycles. The first-order valence-corrected chi connectivity index (χ1v) is 11.8. The average Bonchev–Trinajstić information content (AvgIpc) is 3.45. The number of carbonyl (C=O) groups excluding carboxylic acids is 2. The Morgan fingerprint density at radius 1 is 1.19 bits per heavy atom. The molecule has 0 radical (unpaired) electrons. The van der Waals surface area contributed by atoms with Gasteiger partial charge in [0.05, 0.1) is 36.3 Å². The Balaban J connectivity index is 1.63. The molecule has 1 aromatic heterocycles. The van der Waals surface area contributed by atoms with Crippen molar-refractivity contribution in [3.05, 3.63) is 63.6 Å². The highest BCUT2D eigenvalue weighted by atomic mass is 32.1. The molecule has 7 nitrogen and oxygen atoms in total. The van der Waals surface area contributed by atoms with Crippen LogP contribution in [0.25, 0.3) is 0 Å². The second kappa shape index (κ2) is 10.3. The van der Waals surface area contributed by atoms with Gasteiger partial charge in [0.25, 0.3) is 5.91 Å². The van der Waals surface area contributed by atoms with E-state index in [0.717, 1.165) is 30.8 Å². The molecule has 2 aliphatic rings. The number of aliphatic hydroxyl groups is 1. The molecule has 1 aromatic carbocycles. The summed E-state index contributed by atoms with van der Waals surface area (Å²) < 4.78 is 11.1. The number of hydrogen-bond donors (Lipinski definition) is 1. The quantitative estimate of drug-likeness (QED) is 0.583. The maximum absolute atomic E-state index is 13.3. The number of carbonyl (C=O) groups is 2. The summed E-state index contributed by atoms with van der Waals surface area (Å²) in [6.07, 6.45) is 0.907. The second-order valence-electron chi connectivity index (χ2n) is 7.84. The maximum Gasteiger partial charge on any atom is 0.290 e. The number of ketones is 1. The van der Waals surface area contributed by atoms with E-state index in [1.807, 2.05) is 36.6 Å². The third kappa shape index (κ3) is 4.72. The van der Waals surface area contributed by atoms with Crippen LogP contribution < -0.4 is 4.74 Å². The highest BCUT2D eigenvalue weighted by Crippen LogP contribution is 2.39. The lowest BCUT2D eigenvalue weighted by atomic mass is 9.95. The number of hydrogen-bond acceptors (Lipinski definition) is 7. The molecular formula is C24H28N2O5S. The first-order chi connectivity index (χ1) is 15.6. The highest BCUT2D eigenvalue weighted by molar-refractivity contribution is 7.12. The number of amides is 1. The van der Waals surface area contributed by atoms with E-state index < -0.39 is 17.7 Å². The van der Waals surface area contributed by atoms with Gasteiger partial charge in [0.2, 0.25) is 5.78 Å². The van der Waals surface area contributed by atoms with Crippen LogP contribution in [-0.4, -0.2) is 72.6 Å². The molecule has 1 fully saturated rings. The molecule has 1 atom stereocenters. The number of aliphatic hydroxyl groups excluding tert-OH is 1. The van der Waals surface area contributed by atoms with Gasteiger partial charge in [0.1, 0.15) is 5.75 Å². The van der Waals surface area contributed by atoms with Gasteiger partial charge in [-0.1, -0.05) is 25.1 Å². The van der Waals surface area contributed by atoms with Gasteiger partial charge in [-0.2, -0.15) is 0 Å². The summed E-state index contributed by atoms with van der Waals surface area (Å²) >= 11 is 1.30. The van der Waals surface area contributed by atoms with Crippen molar-refractivity contribution in [2.75, 3.05) is 46.0 Å². The summed E-state index contributed by atoms with van der Waals surface area (Å²) in [4.78, 5) is 30.7. The molecule has 1 amide bonds. The van der Waals surface area contributed by atoms with Crippen LogP contribution in [0.2, 0.25) is 0 Å². The van der Waals surface area contributed by atoms with Crippen molar-refractivity contribution >= 4 is 23.0 Å². The first kappa shape index (κ1) is 22.5. The van der Waals surface area contributed by atoms with E-state index in [1.54, 1.807) is 17.0 Å². The number of Topliss-reactive ketones (excluding diaryl/α,β-unsaturated/α-hetero) is 1. The predicted octanol–water partition coefficient (Wildman–Crippen LogP) is 3.45. The zero-order valence-electron chi connectivity index (χ0n) is 18.2. The third-order valence-corrected chi connectivity index (χ3v) is 6.59. The standard InChI is InChI=1S/C24H28N2O5S/c1-2-13-31-18-7-5-17(6-8-18)21-20(22(27)19-4-3-16-32-19)23(28)24(29)26(21)10-9-25-11-14-30-15-12-25/h3-8,16,21,28H,2,9-15H2,1H3. The van der Waals surface area contributed by atoms with E-state index in [9.17, 15) is 14.7 Å². The Morgan fingerprint density at radius 3 is 2.59 bits per heavy atom. The predicted molar refractivity (Wildman–Crippen MR) is 122 cm³/mol. The summed E-state index contributed by atoms with van der Waals surface area (Å²) in [6.45, 7) is 6.66. The minimum atomic E-state index is -0.640. The van der Waals surface area contributed by atoms with Gasteiger partial charge in [-0.05, 0) is 35.6 Å². The van der Waals surface area contributed by atoms with Crippen LogP contribution in [0.3, 0.4) is 0 Å². The van der Waals surface area contributed by atoms with Crippen LogP contribution in [0.1, 0.15) is 34.6 Å². The summed E-state index contributed by atoms with van der Waals surface area (Å²) in [5.41, 5.74) is 0.912. The molecule has 1 unspecified atom stereocenters. The van der Waals surface area contributed by atoms with Gasteiger partial charge in [0.15, 0.2) is 5.76 Å². The molecule has 1 N–H and O–H groups in total. The van der Waals surface area contributed by atoms with Crippen molar-refractivity contribution in [2.24, 2.45) is 0 Å².